The molecule has 2 amide bonds. The molecule has 2 aromatic rings. The first-order chi connectivity index (χ1) is 12.9. The van der Waals surface area contributed by atoms with Crippen molar-refractivity contribution in [2.75, 3.05) is 17.2 Å². The lowest BCUT2D eigenvalue weighted by molar-refractivity contribution is -0.117. The number of halogens is 2. The van der Waals surface area contributed by atoms with Gasteiger partial charge < -0.3 is 20.9 Å². The highest BCUT2D eigenvalue weighted by molar-refractivity contribution is 9.10. The van der Waals surface area contributed by atoms with Crippen LogP contribution in [-0.2, 0) is 9.59 Å². The average Bonchev–Trinajstić information content (AvgIpc) is 3.32. The van der Waals surface area contributed by atoms with E-state index in [0.29, 0.717) is 32.8 Å². The minimum atomic E-state index is -0.405. The number of carbonyl (C=O) groups is 2. The van der Waals surface area contributed by atoms with Crippen LogP contribution in [0.4, 0.5) is 15.8 Å². The van der Waals surface area contributed by atoms with Crippen LogP contribution >= 0.6 is 15.9 Å². The summed E-state index contributed by atoms with van der Waals surface area (Å²) in [6, 6.07) is 3.99. The zero-order valence-electron chi connectivity index (χ0n) is 14.6. The van der Waals surface area contributed by atoms with Gasteiger partial charge >= 0.3 is 0 Å². The molecule has 8 heteroatoms. The monoisotopic (exact) mass is 432 g/mol. The molecule has 0 saturated carbocycles. The van der Waals surface area contributed by atoms with Crippen molar-refractivity contribution in [3.8, 4) is 0 Å². The number of rotatable bonds is 3. The highest BCUT2D eigenvalue weighted by atomic mass is 79.9. The van der Waals surface area contributed by atoms with Crippen molar-refractivity contribution in [3.05, 3.63) is 45.4 Å². The zero-order valence-corrected chi connectivity index (χ0v) is 16.2. The first-order valence-corrected chi connectivity index (χ1v) is 9.48. The Kier molecular flexibility index (Phi) is 4.61. The van der Waals surface area contributed by atoms with Crippen molar-refractivity contribution >= 4 is 50.8 Å². The van der Waals surface area contributed by atoms with Crippen molar-refractivity contribution in [1.29, 1.82) is 0 Å². The molecule has 4 N–H and O–H groups in total. The summed E-state index contributed by atoms with van der Waals surface area (Å²) in [4.78, 5) is 27.8. The lowest BCUT2D eigenvalue weighted by atomic mass is 10.0. The number of carbonyl (C=O) groups excluding carboxylic acids is 2. The first kappa shape index (κ1) is 17.9. The Morgan fingerprint density at radius 1 is 1.41 bits per heavy atom. The Hall–Kier alpha value is -2.45. The van der Waals surface area contributed by atoms with E-state index in [4.69, 9.17) is 0 Å². The number of anilines is 2. The molecule has 0 spiro atoms. The summed E-state index contributed by atoms with van der Waals surface area (Å²) in [5.41, 5.74) is 3.56. The third-order valence-electron chi connectivity index (χ3n) is 4.92. The van der Waals surface area contributed by atoms with Crippen LogP contribution in [0.25, 0.3) is 11.6 Å². The van der Waals surface area contributed by atoms with Crippen LogP contribution in [-0.4, -0.2) is 29.4 Å². The van der Waals surface area contributed by atoms with Gasteiger partial charge in [0.15, 0.2) is 0 Å². The fourth-order valence-corrected chi connectivity index (χ4v) is 4.04. The molecule has 1 saturated heterocycles. The number of hydrogen-bond acceptors (Lipinski definition) is 3. The van der Waals surface area contributed by atoms with E-state index in [2.05, 4.69) is 36.9 Å². The molecule has 4 rings (SSSR count). The van der Waals surface area contributed by atoms with Gasteiger partial charge in [-0.15, -0.1) is 0 Å². The van der Waals surface area contributed by atoms with Crippen molar-refractivity contribution in [1.82, 2.24) is 10.3 Å². The summed E-state index contributed by atoms with van der Waals surface area (Å²) < 4.78 is 14.2. The molecule has 2 aliphatic rings. The quantitative estimate of drug-likeness (QED) is 0.560. The van der Waals surface area contributed by atoms with E-state index in [1.165, 1.54) is 12.1 Å². The second-order valence-corrected chi connectivity index (χ2v) is 7.49. The van der Waals surface area contributed by atoms with Crippen molar-refractivity contribution < 1.29 is 14.0 Å². The maximum atomic E-state index is 13.6. The number of amides is 2. The number of H-pyrrole nitrogens is 1. The van der Waals surface area contributed by atoms with E-state index >= 15 is 0 Å². The third-order valence-corrected chi connectivity index (χ3v) is 5.52. The minimum Gasteiger partial charge on any atom is -0.348 e. The van der Waals surface area contributed by atoms with E-state index in [-0.39, 0.29) is 17.9 Å². The first-order valence-electron chi connectivity index (χ1n) is 8.69. The predicted molar refractivity (Wildman–Crippen MR) is 106 cm³/mol. The van der Waals surface area contributed by atoms with Gasteiger partial charge in [0.05, 0.1) is 17.3 Å². The summed E-state index contributed by atoms with van der Waals surface area (Å²) in [6.45, 7) is 2.69. The van der Waals surface area contributed by atoms with Crippen LogP contribution < -0.4 is 16.0 Å². The largest absolute Gasteiger partial charge is 0.348 e. The Balaban J connectivity index is 1.66. The van der Waals surface area contributed by atoms with Gasteiger partial charge in [-0.25, -0.2) is 4.39 Å². The number of benzene rings is 1. The van der Waals surface area contributed by atoms with E-state index in [1.54, 1.807) is 12.1 Å². The SMILES string of the molecule is Cc1c(/C=C2\C(=O)Nc3ccc(F)cc32)[nH]c(Br)c1NC(=O)[C@@H]1CCCN1. The average molecular weight is 433 g/mol. The molecule has 2 aliphatic heterocycles. The minimum absolute atomic E-state index is 0.0828. The molecule has 6 nitrogen and oxygen atoms in total. The van der Waals surface area contributed by atoms with Crippen LogP contribution in [0.15, 0.2) is 22.8 Å². The van der Waals surface area contributed by atoms with Crippen LogP contribution in [0.1, 0.15) is 29.7 Å². The third kappa shape index (κ3) is 3.30. The fourth-order valence-electron chi connectivity index (χ4n) is 3.43. The molecule has 0 radical (unpaired) electrons. The highest BCUT2D eigenvalue weighted by Gasteiger charge is 2.27. The topological polar surface area (TPSA) is 86.0 Å². The Morgan fingerprint density at radius 3 is 2.96 bits per heavy atom. The van der Waals surface area contributed by atoms with Crippen LogP contribution in [0.2, 0.25) is 0 Å². The van der Waals surface area contributed by atoms with Gasteiger partial charge in [-0.2, -0.15) is 0 Å². The summed E-state index contributed by atoms with van der Waals surface area (Å²) in [5, 5.41) is 8.83. The fraction of sp³-hybridized carbons (Fsp3) is 0.263. The molecule has 1 atom stereocenters. The summed E-state index contributed by atoms with van der Waals surface area (Å²) in [7, 11) is 0. The van der Waals surface area contributed by atoms with Crippen LogP contribution in [0, 0.1) is 12.7 Å². The Labute approximate surface area is 163 Å². The molecule has 1 fully saturated rings. The summed E-state index contributed by atoms with van der Waals surface area (Å²) in [6.07, 6.45) is 3.46. The molecular formula is C19H18BrFN4O2. The van der Waals surface area contributed by atoms with Gasteiger partial charge in [-0.3, -0.25) is 9.59 Å². The van der Waals surface area contributed by atoms with Gasteiger partial charge in [0.1, 0.15) is 10.4 Å². The molecule has 1 aromatic heterocycles. The molecule has 0 aliphatic carbocycles. The van der Waals surface area contributed by atoms with Gasteiger partial charge in [-0.1, -0.05) is 0 Å². The standard InChI is InChI=1S/C19H18BrFN4O2/c1-9-15(8-12-11-7-10(21)4-5-13(11)24-18(12)26)23-17(20)16(9)25-19(27)14-3-2-6-22-14/h4-5,7-8,14,22-23H,2-3,6H2,1H3,(H,24,26)(H,25,27)/b12-8-/t14-/m0/s1. The number of aromatic amines is 1. The summed E-state index contributed by atoms with van der Waals surface area (Å²) >= 11 is 3.43. The van der Waals surface area contributed by atoms with Crippen LogP contribution in [0.5, 0.6) is 0 Å². The molecule has 140 valence electrons. The second-order valence-electron chi connectivity index (χ2n) is 6.69. The second kappa shape index (κ2) is 6.94. The molecule has 0 unspecified atom stereocenters. The normalized spacial score (nSPS) is 20.0. The Morgan fingerprint density at radius 2 is 2.22 bits per heavy atom. The maximum absolute atomic E-state index is 13.6. The van der Waals surface area contributed by atoms with Gasteiger partial charge in [0, 0.05) is 16.9 Å². The van der Waals surface area contributed by atoms with E-state index in [0.717, 1.165) is 24.9 Å². The lowest BCUT2D eigenvalue weighted by Crippen LogP contribution is -2.35. The van der Waals surface area contributed by atoms with E-state index < -0.39 is 5.82 Å². The molecule has 0 bridgehead atoms. The number of fused-ring (bicyclic) bond motifs is 1. The number of hydrogen-bond donors (Lipinski definition) is 4. The number of nitrogens with one attached hydrogen (secondary N) is 4. The molecule has 1 aromatic carbocycles. The van der Waals surface area contributed by atoms with Gasteiger partial charge in [0.2, 0.25) is 5.91 Å². The van der Waals surface area contributed by atoms with Crippen molar-refractivity contribution in [2.24, 2.45) is 0 Å². The molecule has 3 heterocycles. The van der Waals surface area contributed by atoms with E-state index in [1.807, 2.05) is 6.92 Å². The Bertz CT molecular complexity index is 976. The zero-order chi connectivity index (χ0) is 19.1. The molecule has 27 heavy (non-hydrogen) atoms. The highest BCUT2D eigenvalue weighted by Crippen LogP contribution is 2.36. The maximum Gasteiger partial charge on any atom is 0.256 e. The van der Waals surface area contributed by atoms with Gasteiger partial charge in [0.25, 0.3) is 5.91 Å². The number of aromatic nitrogens is 1. The molecular weight excluding hydrogens is 415 g/mol. The van der Waals surface area contributed by atoms with Crippen LogP contribution in [0.3, 0.4) is 0 Å². The predicted octanol–water partition coefficient (Wildman–Crippen LogP) is 3.41. The summed E-state index contributed by atoms with van der Waals surface area (Å²) in [5.74, 6) is -0.778. The van der Waals surface area contributed by atoms with Gasteiger partial charge in [-0.05, 0) is 72.1 Å². The lowest BCUT2D eigenvalue weighted by Gasteiger charge is -2.11. The smallest absolute Gasteiger partial charge is 0.256 e. The van der Waals surface area contributed by atoms with E-state index in [9.17, 15) is 14.0 Å². The van der Waals surface area contributed by atoms with Crippen molar-refractivity contribution in [3.63, 3.8) is 0 Å². The van der Waals surface area contributed by atoms with Crippen molar-refractivity contribution in [2.45, 2.75) is 25.8 Å².